The third-order valence-electron chi connectivity index (χ3n) is 4.15. The number of anilines is 1. The van der Waals surface area contributed by atoms with Crippen LogP contribution < -0.4 is 5.32 Å². The Kier molecular flexibility index (Phi) is 5.34. The predicted octanol–water partition coefficient (Wildman–Crippen LogP) is 4.37. The lowest BCUT2D eigenvalue weighted by Crippen LogP contribution is -2.15. The minimum atomic E-state index is -0.0477. The minimum absolute atomic E-state index is 0.0477. The average Bonchev–Trinajstić information content (AvgIpc) is 2.95. The molecule has 1 aromatic carbocycles. The number of hydrogen-bond acceptors (Lipinski definition) is 3. The number of halogens is 1. The van der Waals surface area contributed by atoms with Crippen molar-refractivity contribution in [3.63, 3.8) is 0 Å². The average molecular weight is 357 g/mol. The van der Waals surface area contributed by atoms with Gasteiger partial charge in [0.15, 0.2) is 5.65 Å². The van der Waals surface area contributed by atoms with Crippen LogP contribution in [0.5, 0.6) is 0 Å². The summed E-state index contributed by atoms with van der Waals surface area (Å²) in [7, 11) is 0. The van der Waals surface area contributed by atoms with Gasteiger partial charge in [-0.2, -0.15) is 0 Å². The summed E-state index contributed by atoms with van der Waals surface area (Å²) in [5.41, 5.74) is 3.38. The zero-order valence-electron chi connectivity index (χ0n) is 14.4. The number of carbonyl (C=O) groups is 1. The summed E-state index contributed by atoms with van der Waals surface area (Å²) in [5, 5.41) is 3.58. The zero-order chi connectivity index (χ0) is 17.8. The number of fused-ring (bicyclic) bond motifs is 1. The summed E-state index contributed by atoms with van der Waals surface area (Å²) < 4.78 is 2.10. The van der Waals surface area contributed by atoms with Crippen LogP contribution in [0.2, 0.25) is 5.02 Å². The lowest BCUT2D eigenvalue weighted by molar-refractivity contribution is -0.116. The number of carbonyl (C=O) groups excluding carboxylic acids is 1. The van der Waals surface area contributed by atoms with Crippen molar-refractivity contribution in [2.75, 3.05) is 5.32 Å². The molecule has 0 spiro atoms. The van der Waals surface area contributed by atoms with E-state index < -0.39 is 0 Å². The van der Waals surface area contributed by atoms with Gasteiger partial charge in [-0.05, 0) is 43.2 Å². The molecule has 0 atom stereocenters. The van der Waals surface area contributed by atoms with E-state index in [9.17, 15) is 4.79 Å². The molecule has 25 heavy (non-hydrogen) atoms. The zero-order valence-corrected chi connectivity index (χ0v) is 15.2. The van der Waals surface area contributed by atoms with Crippen LogP contribution in [0, 0.1) is 6.92 Å². The standard InChI is InChI=1S/C19H21ClN4O/c1-3-12-24-17(22-16-8-5-11-21-19(16)24)9-10-18(25)23-15-7-4-6-14(20)13(15)2/h4-8,11H,3,9-10,12H2,1-2H3,(H,23,25). The summed E-state index contributed by atoms with van der Waals surface area (Å²) in [4.78, 5) is 21.4. The number of aromatic nitrogens is 3. The molecule has 3 rings (SSSR count). The second-order valence-electron chi connectivity index (χ2n) is 5.99. The van der Waals surface area contributed by atoms with Gasteiger partial charge in [0, 0.05) is 36.3 Å². The number of benzene rings is 1. The van der Waals surface area contributed by atoms with Crippen LogP contribution in [0.15, 0.2) is 36.5 Å². The molecular weight excluding hydrogens is 336 g/mol. The third-order valence-corrected chi connectivity index (χ3v) is 4.56. The van der Waals surface area contributed by atoms with Crippen molar-refractivity contribution in [3.8, 4) is 0 Å². The number of imidazole rings is 1. The molecule has 0 aliphatic heterocycles. The first-order valence-electron chi connectivity index (χ1n) is 8.45. The van der Waals surface area contributed by atoms with Gasteiger partial charge in [-0.1, -0.05) is 24.6 Å². The summed E-state index contributed by atoms with van der Waals surface area (Å²) in [5.74, 6) is 0.849. The fourth-order valence-electron chi connectivity index (χ4n) is 2.84. The molecule has 0 aliphatic carbocycles. The highest BCUT2D eigenvalue weighted by Gasteiger charge is 2.13. The van der Waals surface area contributed by atoms with E-state index in [1.165, 1.54) is 0 Å². The highest BCUT2D eigenvalue weighted by atomic mass is 35.5. The summed E-state index contributed by atoms with van der Waals surface area (Å²) >= 11 is 6.10. The van der Waals surface area contributed by atoms with Crippen LogP contribution in [-0.2, 0) is 17.8 Å². The Bertz CT molecular complexity index is 904. The molecular formula is C19H21ClN4O. The second-order valence-corrected chi connectivity index (χ2v) is 6.39. The highest BCUT2D eigenvalue weighted by molar-refractivity contribution is 6.31. The SMILES string of the molecule is CCCn1c(CCC(=O)Nc2cccc(Cl)c2C)nc2cccnc21. The molecule has 0 aliphatic rings. The number of rotatable bonds is 6. The van der Waals surface area contributed by atoms with Crippen LogP contribution in [0.25, 0.3) is 11.2 Å². The Morgan fingerprint density at radius 2 is 2.12 bits per heavy atom. The monoisotopic (exact) mass is 356 g/mol. The molecule has 2 aromatic heterocycles. The van der Waals surface area contributed by atoms with Crippen LogP contribution in [0.3, 0.4) is 0 Å². The molecule has 0 fully saturated rings. The molecule has 0 saturated carbocycles. The molecule has 0 saturated heterocycles. The molecule has 0 radical (unpaired) electrons. The van der Waals surface area contributed by atoms with Crippen LogP contribution in [0.1, 0.15) is 31.2 Å². The van der Waals surface area contributed by atoms with Gasteiger partial charge in [0.05, 0.1) is 0 Å². The van der Waals surface area contributed by atoms with E-state index in [4.69, 9.17) is 11.6 Å². The van der Waals surface area contributed by atoms with Crippen molar-refractivity contribution < 1.29 is 4.79 Å². The lowest BCUT2D eigenvalue weighted by atomic mass is 10.2. The van der Waals surface area contributed by atoms with Crippen LogP contribution >= 0.6 is 11.6 Å². The van der Waals surface area contributed by atoms with Gasteiger partial charge in [-0.15, -0.1) is 0 Å². The summed E-state index contributed by atoms with van der Waals surface area (Å²) in [6.45, 7) is 4.86. The van der Waals surface area contributed by atoms with Crippen molar-refractivity contribution in [3.05, 3.63) is 52.9 Å². The van der Waals surface area contributed by atoms with Crippen LogP contribution in [-0.4, -0.2) is 20.4 Å². The number of nitrogens with one attached hydrogen (secondary N) is 1. The molecule has 0 unspecified atom stereocenters. The fourth-order valence-corrected chi connectivity index (χ4v) is 3.01. The summed E-state index contributed by atoms with van der Waals surface area (Å²) in [6, 6.07) is 9.33. The largest absolute Gasteiger partial charge is 0.326 e. The van der Waals surface area contributed by atoms with Crippen molar-refractivity contribution in [2.45, 2.75) is 39.7 Å². The van der Waals surface area contributed by atoms with Crippen molar-refractivity contribution in [1.82, 2.24) is 14.5 Å². The maximum absolute atomic E-state index is 12.3. The van der Waals surface area contributed by atoms with Gasteiger partial charge in [-0.25, -0.2) is 9.97 Å². The number of nitrogens with zero attached hydrogens (tertiary/aromatic N) is 3. The van der Waals surface area contributed by atoms with E-state index in [-0.39, 0.29) is 5.91 Å². The van der Waals surface area contributed by atoms with E-state index in [0.29, 0.717) is 17.9 Å². The molecule has 2 heterocycles. The predicted molar refractivity (Wildman–Crippen MR) is 101 cm³/mol. The molecule has 130 valence electrons. The van der Waals surface area contributed by atoms with Gasteiger partial charge in [0.2, 0.25) is 5.91 Å². The van der Waals surface area contributed by atoms with E-state index in [1.807, 2.05) is 37.3 Å². The topological polar surface area (TPSA) is 59.8 Å². The maximum atomic E-state index is 12.3. The van der Waals surface area contributed by atoms with Gasteiger partial charge in [-0.3, -0.25) is 4.79 Å². The first kappa shape index (κ1) is 17.4. The second kappa shape index (κ2) is 7.66. The smallest absolute Gasteiger partial charge is 0.224 e. The van der Waals surface area contributed by atoms with E-state index in [1.54, 1.807) is 6.20 Å². The van der Waals surface area contributed by atoms with E-state index >= 15 is 0 Å². The number of hydrogen-bond donors (Lipinski definition) is 1. The Hall–Kier alpha value is -2.40. The first-order chi connectivity index (χ1) is 12.1. The number of amides is 1. The van der Waals surface area contributed by atoms with E-state index in [0.717, 1.165) is 41.2 Å². The van der Waals surface area contributed by atoms with Crippen molar-refractivity contribution in [1.29, 1.82) is 0 Å². The fraction of sp³-hybridized carbons (Fsp3) is 0.316. The van der Waals surface area contributed by atoms with Gasteiger partial charge >= 0.3 is 0 Å². The first-order valence-corrected chi connectivity index (χ1v) is 8.83. The lowest BCUT2D eigenvalue weighted by Gasteiger charge is -2.10. The normalized spacial score (nSPS) is 11.0. The minimum Gasteiger partial charge on any atom is -0.326 e. The molecule has 5 nitrogen and oxygen atoms in total. The van der Waals surface area contributed by atoms with Gasteiger partial charge in [0.1, 0.15) is 11.3 Å². The van der Waals surface area contributed by atoms with Gasteiger partial charge in [0.25, 0.3) is 0 Å². The Morgan fingerprint density at radius 1 is 1.28 bits per heavy atom. The summed E-state index contributed by atoms with van der Waals surface area (Å²) in [6.07, 6.45) is 3.69. The molecule has 3 aromatic rings. The maximum Gasteiger partial charge on any atom is 0.224 e. The quantitative estimate of drug-likeness (QED) is 0.713. The Balaban J connectivity index is 1.73. The highest BCUT2D eigenvalue weighted by Crippen LogP contribution is 2.23. The van der Waals surface area contributed by atoms with Gasteiger partial charge < -0.3 is 9.88 Å². The Labute approximate surface area is 152 Å². The number of aryl methyl sites for hydroxylation is 2. The number of pyridine rings is 1. The molecule has 0 bridgehead atoms. The van der Waals surface area contributed by atoms with Crippen molar-refractivity contribution in [2.24, 2.45) is 0 Å². The molecule has 1 amide bonds. The van der Waals surface area contributed by atoms with Crippen LogP contribution in [0.4, 0.5) is 5.69 Å². The third kappa shape index (κ3) is 3.82. The Morgan fingerprint density at radius 3 is 2.92 bits per heavy atom. The van der Waals surface area contributed by atoms with Crippen molar-refractivity contribution >= 4 is 34.4 Å². The molecule has 1 N–H and O–H groups in total. The van der Waals surface area contributed by atoms with E-state index in [2.05, 4.69) is 26.8 Å². The molecule has 6 heteroatoms.